The van der Waals surface area contributed by atoms with Gasteiger partial charge in [0.2, 0.25) is 0 Å². The van der Waals surface area contributed by atoms with Crippen molar-refractivity contribution in [3.05, 3.63) is 58.5 Å². The maximum atomic E-state index is 12.9. The van der Waals surface area contributed by atoms with E-state index in [9.17, 15) is 13.2 Å². The molecule has 0 fully saturated rings. The molecule has 4 rings (SSSR count). The van der Waals surface area contributed by atoms with E-state index < -0.39 is 12.0 Å². The molecule has 6 nitrogen and oxygen atoms in total. The smallest absolute Gasteiger partial charge is 0.365 e. The summed E-state index contributed by atoms with van der Waals surface area (Å²) in [4.78, 5) is 13.1. The molecule has 0 saturated carbocycles. The SMILES string of the molecule is Cc1cc(NCc2sc(-c3ccccc3)nc2C)n2nc(C(F)(F)F)nc2n1. The first-order valence-electron chi connectivity index (χ1n) is 8.38. The Kier molecular flexibility index (Phi) is 4.50. The molecule has 0 saturated heterocycles. The molecule has 3 heterocycles. The molecule has 0 radical (unpaired) electrons. The second-order valence-corrected chi connectivity index (χ2v) is 7.26. The first-order valence-corrected chi connectivity index (χ1v) is 9.20. The molecule has 3 aromatic heterocycles. The third-order valence-electron chi connectivity index (χ3n) is 4.04. The van der Waals surface area contributed by atoms with E-state index in [0.29, 0.717) is 18.1 Å². The fraction of sp³-hybridized carbons (Fsp3) is 0.222. The Balaban J connectivity index is 1.63. The lowest BCUT2D eigenvalue weighted by Gasteiger charge is -2.07. The van der Waals surface area contributed by atoms with Crippen molar-refractivity contribution >= 4 is 22.9 Å². The summed E-state index contributed by atoms with van der Waals surface area (Å²) in [5.74, 6) is -0.922. The van der Waals surface area contributed by atoms with Crippen LogP contribution in [-0.2, 0) is 12.7 Å². The molecule has 0 spiro atoms. The van der Waals surface area contributed by atoms with Crippen LogP contribution in [0.25, 0.3) is 16.3 Å². The summed E-state index contributed by atoms with van der Waals surface area (Å²) >= 11 is 1.54. The van der Waals surface area contributed by atoms with Crippen LogP contribution in [0.4, 0.5) is 19.0 Å². The van der Waals surface area contributed by atoms with E-state index in [1.54, 1.807) is 13.0 Å². The van der Waals surface area contributed by atoms with Crippen LogP contribution in [0.1, 0.15) is 22.1 Å². The summed E-state index contributed by atoms with van der Waals surface area (Å²) in [6, 6.07) is 11.4. The van der Waals surface area contributed by atoms with Gasteiger partial charge in [-0.1, -0.05) is 30.3 Å². The number of alkyl halides is 3. The predicted octanol–water partition coefficient (Wildman–Crippen LogP) is 4.50. The molecule has 0 amide bonds. The van der Waals surface area contributed by atoms with Crippen LogP contribution in [0, 0.1) is 13.8 Å². The zero-order chi connectivity index (χ0) is 19.9. The number of anilines is 1. The number of aryl methyl sites for hydroxylation is 2. The van der Waals surface area contributed by atoms with Crippen LogP contribution >= 0.6 is 11.3 Å². The van der Waals surface area contributed by atoms with Crippen molar-refractivity contribution in [2.75, 3.05) is 5.32 Å². The zero-order valence-corrected chi connectivity index (χ0v) is 15.8. The van der Waals surface area contributed by atoms with Gasteiger partial charge >= 0.3 is 6.18 Å². The number of hydrogen-bond acceptors (Lipinski definition) is 6. The lowest BCUT2D eigenvalue weighted by atomic mass is 10.2. The van der Waals surface area contributed by atoms with Gasteiger partial charge < -0.3 is 5.32 Å². The standard InChI is InChI=1S/C18H15F3N6S/c1-10-8-14(27-17(23-10)25-16(26-27)18(19,20)21)22-9-13-11(2)24-15(28-13)12-6-4-3-5-7-12/h3-8,22H,9H2,1-2H3. The van der Waals surface area contributed by atoms with Crippen molar-refractivity contribution in [1.29, 1.82) is 0 Å². The van der Waals surface area contributed by atoms with Crippen molar-refractivity contribution in [2.24, 2.45) is 0 Å². The number of halogens is 3. The van der Waals surface area contributed by atoms with E-state index in [2.05, 4.69) is 25.4 Å². The summed E-state index contributed by atoms with van der Waals surface area (Å²) in [6.07, 6.45) is -4.63. The Bertz CT molecular complexity index is 1130. The highest BCUT2D eigenvalue weighted by molar-refractivity contribution is 7.15. The third kappa shape index (κ3) is 3.55. The van der Waals surface area contributed by atoms with E-state index in [4.69, 9.17) is 0 Å². The van der Waals surface area contributed by atoms with E-state index >= 15 is 0 Å². The number of nitrogens with zero attached hydrogens (tertiary/aromatic N) is 5. The molecule has 0 bridgehead atoms. The van der Waals surface area contributed by atoms with Gasteiger partial charge in [0, 0.05) is 22.2 Å². The molecule has 10 heteroatoms. The summed E-state index contributed by atoms with van der Waals surface area (Å²) in [7, 11) is 0. The Morgan fingerprint density at radius 2 is 1.82 bits per heavy atom. The second kappa shape index (κ2) is 6.86. The van der Waals surface area contributed by atoms with Crippen LogP contribution in [0.2, 0.25) is 0 Å². The number of nitrogens with one attached hydrogen (secondary N) is 1. The average Bonchev–Trinajstić information content (AvgIpc) is 3.24. The number of fused-ring (bicyclic) bond motifs is 1. The Morgan fingerprint density at radius 1 is 1.07 bits per heavy atom. The average molecular weight is 404 g/mol. The van der Waals surface area contributed by atoms with Gasteiger partial charge in [0.25, 0.3) is 11.6 Å². The van der Waals surface area contributed by atoms with E-state index in [-0.39, 0.29) is 5.78 Å². The lowest BCUT2D eigenvalue weighted by Crippen LogP contribution is -2.09. The molecule has 0 unspecified atom stereocenters. The summed E-state index contributed by atoms with van der Waals surface area (Å²) in [5, 5.41) is 7.59. The van der Waals surface area contributed by atoms with Crippen molar-refractivity contribution in [2.45, 2.75) is 26.6 Å². The molecule has 0 aliphatic rings. The molecule has 144 valence electrons. The van der Waals surface area contributed by atoms with Gasteiger partial charge in [-0.15, -0.1) is 16.4 Å². The lowest BCUT2D eigenvalue weighted by molar-refractivity contribution is -0.144. The minimum Gasteiger partial charge on any atom is -0.365 e. The molecule has 1 N–H and O–H groups in total. The Labute approximate surface area is 162 Å². The molecule has 0 aliphatic carbocycles. The quantitative estimate of drug-likeness (QED) is 0.543. The monoisotopic (exact) mass is 404 g/mol. The number of rotatable bonds is 4. The first kappa shape index (κ1) is 18.4. The fourth-order valence-electron chi connectivity index (χ4n) is 2.70. The van der Waals surface area contributed by atoms with Crippen molar-refractivity contribution in [1.82, 2.24) is 24.6 Å². The molecule has 1 aromatic carbocycles. The van der Waals surface area contributed by atoms with Crippen LogP contribution in [0.3, 0.4) is 0 Å². The number of thiazole rings is 1. The number of hydrogen-bond donors (Lipinski definition) is 1. The van der Waals surface area contributed by atoms with Crippen LogP contribution in [-0.4, -0.2) is 24.6 Å². The molecular formula is C18H15F3N6S. The zero-order valence-electron chi connectivity index (χ0n) is 14.9. The van der Waals surface area contributed by atoms with Crippen LogP contribution in [0.15, 0.2) is 36.4 Å². The molecule has 4 aromatic rings. The Hall–Kier alpha value is -3.01. The largest absolute Gasteiger partial charge is 0.453 e. The van der Waals surface area contributed by atoms with E-state index in [1.165, 1.54) is 11.3 Å². The highest BCUT2D eigenvalue weighted by atomic mass is 32.1. The number of aromatic nitrogens is 5. The highest BCUT2D eigenvalue weighted by Crippen LogP contribution is 2.29. The predicted molar refractivity (Wildman–Crippen MR) is 100 cm³/mol. The molecule has 0 aliphatic heterocycles. The van der Waals surface area contributed by atoms with Crippen molar-refractivity contribution in [3.8, 4) is 10.6 Å². The second-order valence-electron chi connectivity index (χ2n) is 6.17. The van der Waals surface area contributed by atoms with Gasteiger partial charge in [0.05, 0.1) is 12.2 Å². The van der Waals surface area contributed by atoms with Gasteiger partial charge in [-0.05, 0) is 13.8 Å². The molecular weight excluding hydrogens is 389 g/mol. The van der Waals surface area contributed by atoms with Crippen molar-refractivity contribution < 1.29 is 13.2 Å². The van der Waals surface area contributed by atoms with Crippen LogP contribution in [0.5, 0.6) is 0 Å². The minimum atomic E-state index is -4.63. The normalized spacial score (nSPS) is 11.9. The van der Waals surface area contributed by atoms with Crippen molar-refractivity contribution in [3.63, 3.8) is 0 Å². The van der Waals surface area contributed by atoms with Gasteiger partial charge in [0.15, 0.2) is 0 Å². The third-order valence-corrected chi connectivity index (χ3v) is 5.24. The minimum absolute atomic E-state index is 0.0965. The Morgan fingerprint density at radius 3 is 2.54 bits per heavy atom. The molecule has 0 atom stereocenters. The highest BCUT2D eigenvalue weighted by Gasteiger charge is 2.36. The van der Waals surface area contributed by atoms with Gasteiger partial charge in [-0.25, -0.2) is 9.97 Å². The first-order chi connectivity index (χ1) is 13.3. The van der Waals surface area contributed by atoms with Crippen LogP contribution < -0.4 is 5.32 Å². The van der Waals surface area contributed by atoms with Gasteiger partial charge in [-0.3, -0.25) is 0 Å². The summed E-state index contributed by atoms with van der Waals surface area (Å²) < 4.78 is 39.9. The van der Waals surface area contributed by atoms with Gasteiger partial charge in [-0.2, -0.15) is 22.7 Å². The number of benzene rings is 1. The summed E-state index contributed by atoms with van der Waals surface area (Å²) in [6.45, 7) is 4.00. The van der Waals surface area contributed by atoms with Gasteiger partial charge in [0.1, 0.15) is 10.8 Å². The van der Waals surface area contributed by atoms with E-state index in [1.807, 2.05) is 37.3 Å². The molecule has 28 heavy (non-hydrogen) atoms. The topological polar surface area (TPSA) is 68.0 Å². The summed E-state index contributed by atoms with van der Waals surface area (Å²) in [5.41, 5.74) is 2.44. The maximum Gasteiger partial charge on any atom is 0.453 e. The fourth-order valence-corrected chi connectivity index (χ4v) is 3.71. The maximum absolute atomic E-state index is 12.9. The van der Waals surface area contributed by atoms with E-state index in [0.717, 1.165) is 25.7 Å².